The van der Waals surface area contributed by atoms with E-state index in [0.29, 0.717) is 28.6 Å². The van der Waals surface area contributed by atoms with E-state index in [4.69, 9.17) is 16.3 Å². The third-order valence-electron chi connectivity index (χ3n) is 5.94. The van der Waals surface area contributed by atoms with Crippen LogP contribution < -0.4 is 10.6 Å². The molecule has 0 bridgehead atoms. The summed E-state index contributed by atoms with van der Waals surface area (Å²) in [7, 11) is 0. The topological polar surface area (TPSA) is 33.3 Å². The van der Waals surface area contributed by atoms with Crippen molar-refractivity contribution in [3.05, 3.63) is 52.8 Å². The van der Waals surface area contributed by atoms with Crippen molar-refractivity contribution in [2.24, 2.45) is 11.8 Å². The van der Waals surface area contributed by atoms with E-state index in [9.17, 15) is 4.39 Å². The van der Waals surface area contributed by atoms with Crippen LogP contribution in [0.5, 0.6) is 0 Å². The molecule has 0 radical (unpaired) electrons. The molecule has 2 N–H and O–H groups in total. The Morgan fingerprint density at radius 1 is 1.30 bits per heavy atom. The van der Waals surface area contributed by atoms with Crippen LogP contribution in [0.3, 0.4) is 0 Å². The predicted molar refractivity (Wildman–Crippen MR) is 109 cm³/mol. The Balaban J connectivity index is 1.64. The zero-order chi connectivity index (χ0) is 19.0. The standard InChI is InChI=1S/C22H28ClFN2O/c1-13(2)25-12-16-8-9-17-20(14-6-4-3-5-7-14)26-21-18(22(17)27-16)10-15(23)11-19(21)24/h3-6,10-11,13-14,16-17,20,22,25-26H,7-9,12H2,1-2H3/t14?,16-,17+,20+,22+/m1/s1. The molecule has 1 aromatic carbocycles. The molecule has 3 aliphatic rings. The van der Waals surface area contributed by atoms with E-state index in [1.54, 1.807) is 0 Å². The molecule has 1 aromatic rings. The Bertz CT molecular complexity index is 748. The van der Waals surface area contributed by atoms with Crippen molar-refractivity contribution in [3.8, 4) is 0 Å². The monoisotopic (exact) mass is 390 g/mol. The van der Waals surface area contributed by atoms with Gasteiger partial charge in [-0.3, -0.25) is 0 Å². The van der Waals surface area contributed by atoms with Crippen LogP contribution in [0, 0.1) is 17.7 Å². The summed E-state index contributed by atoms with van der Waals surface area (Å²) in [6.45, 7) is 5.10. The number of hydrogen-bond acceptors (Lipinski definition) is 3. The molecule has 4 rings (SSSR count). The van der Waals surface area contributed by atoms with E-state index in [2.05, 4.69) is 48.8 Å². The van der Waals surface area contributed by atoms with E-state index in [0.717, 1.165) is 31.4 Å². The minimum absolute atomic E-state index is 0.119. The van der Waals surface area contributed by atoms with E-state index < -0.39 is 0 Å². The van der Waals surface area contributed by atoms with Gasteiger partial charge in [-0.25, -0.2) is 4.39 Å². The molecule has 0 spiro atoms. The van der Waals surface area contributed by atoms with Gasteiger partial charge >= 0.3 is 0 Å². The van der Waals surface area contributed by atoms with Crippen molar-refractivity contribution in [3.63, 3.8) is 0 Å². The number of halogens is 2. The molecule has 1 fully saturated rings. The molecule has 2 aliphatic heterocycles. The van der Waals surface area contributed by atoms with Crippen molar-refractivity contribution in [1.82, 2.24) is 5.32 Å². The summed E-state index contributed by atoms with van der Waals surface area (Å²) >= 11 is 6.18. The SMILES string of the molecule is CC(C)NC[C@H]1CC[C@@H]2[C@H](O1)c1cc(Cl)cc(F)c1N[C@H]2C1C=CC=CC1. The summed E-state index contributed by atoms with van der Waals surface area (Å²) in [4.78, 5) is 0. The van der Waals surface area contributed by atoms with Gasteiger partial charge in [0.2, 0.25) is 0 Å². The normalized spacial score (nSPS) is 32.1. The first-order valence-corrected chi connectivity index (χ1v) is 10.4. The summed E-state index contributed by atoms with van der Waals surface area (Å²) in [6.07, 6.45) is 11.7. The first kappa shape index (κ1) is 19.0. The predicted octanol–water partition coefficient (Wildman–Crippen LogP) is 5.24. The largest absolute Gasteiger partial charge is 0.379 e. The van der Waals surface area contributed by atoms with Crippen molar-refractivity contribution in [1.29, 1.82) is 0 Å². The Hall–Kier alpha value is -1.36. The lowest BCUT2D eigenvalue weighted by molar-refractivity contribution is -0.0945. The average Bonchev–Trinajstić information content (AvgIpc) is 2.66. The van der Waals surface area contributed by atoms with Crippen LogP contribution in [-0.4, -0.2) is 24.7 Å². The van der Waals surface area contributed by atoms with E-state index in [1.807, 2.05) is 6.07 Å². The zero-order valence-electron chi connectivity index (χ0n) is 15.9. The summed E-state index contributed by atoms with van der Waals surface area (Å²) in [5.74, 6) is 0.369. The Kier molecular flexibility index (Phi) is 5.58. The van der Waals surface area contributed by atoms with Crippen molar-refractivity contribution in [2.75, 3.05) is 11.9 Å². The van der Waals surface area contributed by atoms with Crippen LogP contribution >= 0.6 is 11.6 Å². The van der Waals surface area contributed by atoms with Gasteiger partial charge in [0, 0.05) is 41.1 Å². The molecule has 146 valence electrons. The van der Waals surface area contributed by atoms with Gasteiger partial charge < -0.3 is 15.4 Å². The number of allylic oxidation sites excluding steroid dienone is 3. The summed E-state index contributed by atoms with van der Waals surface area (Å²) in [5.41, 5.74) is 1.43. The molecule has 1 unspecified atom stereocenters. The number of anilines is 1. The van der Waals surface area contributed by atoms with Crippen molar-refractivity contribution >= 4 is 17.3 Å². The van der Waals surface area contributed by atoms with Gasteiger partial charge in [-0.1, -0.05) is 49.8 Å². The highest BCUT2D eigenvalue weighted by Crippen LogP contribution is 2.49. The van der Waals surface area contributed by atoms with Crippen LogP contribution in [0.2, 0.25) is 5.02 Å². The Labute approximate surface area is 166 Å². The van der Waals surface area contributed by atoms with Gasteiger partial charge in [-0.05, 0) is 31.4 Å². The van der Waals surface area contributed by atoms with Crippen LogP contribution in [0.1, 0.15) is 44.8 Å². The van der Waals surface area contributed by atoms with Crippen LogP contribution in [0.15, 0.2) is 36.4 Å². The fraction of sp³-hybridized carbons (Fsp3) is 0.545. The molecule has 1 saturated heterocycles. The average molecular weight is 391 g/mol. The molecule has 5 atom stereocenters. The third kappa shape index (κ3) is 3.94. The second kappa shape index (κ2) is 7.94. The van der Waals surface area contributed by atoms with Gasteiger partial charge in [-0.15, -0.1) is 0 Å². The number of fused-ring (bicyclic) bond motifs is 3. The Morgan fingerprint density at radius 2 is 2.15 bits per heavy atom. The zero-order valence-corrected chi connectivity index (χ0v) is 16.7. The van der Waals surface area contributed by atoms with Crippen LogP contribution in [0.4, 0.5) is 10.1 Å². The number of benzene rings is 1. The van der Waals surface area contributed by atoms with Crippen LogP contribution in [-0.2, 0) is 4.74 Å². The van der Waals surface area contributed by atoms with Crippen molar-refractivity contribution < 1.29 is 9.13 Å². The summed E-state index contributed by atoms with van der Waals surface area (Å²) < 4.78 is 21.3. The first-order valence-electron chi connectivity index (χ1n) is 10.0. The lowest BCUT2D eigenvalue weighted by Crippen LogP contribution is -2.48. The summed E-state index contributed by atoms with van der Waals surface area (Å²) in [6, 6.07) is 3.85. The second-order valence-electron chi connectivity index (χ2n) is 8.22. The number of ether oxygens (including phenoxy) is 1. The molecule has 1 aliphatic carbocycles. The smallest absolute Gasteiger partial charge is 0.148 e. The van der Waals surface area contributed by atoms with E-state index >= 15 is 0 Å². The van der Waals surface area contributed by atoms with Gasteiger partial charge in [0.15, 0.2) is 0 Å². The molecule has 2 heterocycles. The molecule has 5 heteroatoms. The molecular formula is C22H28ClFN2O. The van der Waals surface area contributed by atoms with E-state index in [-0.39, 0.29) is 24.1 Å². The lowest BCUT2D eigenvalue weighted by Gasteiger charge is -2.47. The maximum Gasteiger partial charge on any atom is 0.148 e. The highest BCUT2D eigenvalue weighted by molar-refractivity contribution is 6.30. The summed E-state index contributed by atoms with van der Waals surface area (Å²) in [5, 5.41) is 7.41. The van der Waals surface area contributed by atoms with Gasteiger partial charge in [-0.2, -0.15) is 0 Å². The fourth-order valence-electron chi connectivity index (χ4n) is 4.63. The maximum atomic E-state index is 14.7. The maximum absolute atomic E-state index is 14.7. The highest BCUT2D eigenvalue weighted by Gasteiger charge is 2.44. The minimum Gasteiger partial charge on any atom is -0.379 e. The lowest BCUT2D eigenvalue weighted by atomic mass is 9.73. The molecular weight excluding hydrogens is 363 g/mol. The van der Waals surface area contributed by atoms with Gasteiger partial charge in [0.25, 0.3) is 0 Å². The van der Waals surface area contributed by atoms with Crippen LogP contribution in [0.25, 0.3) is 0 Å². The molecule has 3 nitrogen and oxygen atoms in total. The second-order valence-corrected chi connectivity index (χ2v) is 8.65. The quantitative estimate of drug-likeness (QED) is 0.737. The molecule has 0 saturated carbocycles. The molecule has 27 heavy (non-hydrogen) atoms. The van der Waals surface area contributed by atoms with E-state index in [1.165, 1.54) is 6.07 Å². The highest BCUT2D eigenvalue weighted by atomic mass is 35.5. The fourth-order valence-corrected chi connectivity index (χ4v) is 4.84. The minimum atomic E-state index is -0.290. The first-order chi connectivity index (χ1) is 13.0. The number of hydrogen-bond donors (Lipinski definition) is 2. The van der Waals surface area contributed by atoms with Crippen molar-refractivity contribution in [2.45, 2.75) is 57.4 Å². The number of rotatable bonds is 4. The molecule has 0 aromatic heterocycles. The third-order valence-corrected chi connectivity index (χ3v) is 6.16. The van der Waals surface area contributed by atoms with Gasteiger partial charge in [0.1, 0.15) is 5.82 Å². The number of nitrogens with one attached hydrogen (secondary N) is 2. The molecule has 0 amide bonds. The Morgan fingerprint density at radius 3 is 2.89 bits per heavy atom. The van der Waals surface area contributed by atoms with Gasteiger partial charge in [0.05, 0.1) is 17.9 Å².